The molecule has 1 aromatic rings. The number of amides is 1. The Labute approximate surface area is 135 Å². The highest BCUT2D eigenvalue weighted by molar-refractivity contribution is 6.32. The maximum absolute atomic E-state index is 12.3. The molecule has 0 aliphatic heterocycles. The SMILES string of the molecule is CO[C@@H]1CCC[C@@H]1N(Cc1c(Cl)c(C)nn1C)C(=O)CCl. The second-order valence-electron chi connectivity index (χ2n) is 5.40. The van der Waals surface area contributed by atoms with E-state index in [2.05, 4.69) is 5.10 Å². The van der Waals surface area contributed by atoms with E-state index in [1.54, 1.807) is 16.7 Å². The Morgan fingerprint density at radius 1 is 1.52 bits per heavy atom. The molecule has 0 N–H and O–H groups in total. The van der Waals surface area contributed by atoms with E-state index < -0.39 is 0 Å². The maximum atomic E-state index is 12.3. The van der Waals surface area contributed by atoms with Crippen molar-refractivity contribution in [2.24, 2.45) is 7.05 Å². The van der Waals surface area contributed by atoms with E-state index >= 15 is 0 Å². The molecule has 1 fully saturated rings. The minimum Gasteiger partial charge on any atom is -0.379 e. The van der Waals surface area contributed by atoms with Crippen molar-refractivity contribution in [1.29, 1.82) is 0 Å². The van der Waals surface area contributed by atoms with Gasteiger partial charge in [-0.2, -0.15) is 5.10 Å². The van der Waals surface area contributed by atoms with Gasteiger partial charge in [0.1, 0.15) is 5.88 Å². The Morgan fingerprint density at radius 3 is 2.76 bits per heavy atom. The van der Waals surface area contributed by atoms with Crippen LogP contribution in [-0.4, -0.2) is 45.7 Å². The lowest BCUT2D eigenvalue weighted by Crippen LogP contribution is -2.45. The number of ether oxygens (including phenoxy) is 1. The van der Waals surface area contributed by atoms with Crippen LogP contribution in [0, 0.1) is 6.92 Å². The predicted molar refractivity (Wildman–Crippen MR) is 82.7 cm³/mol. The summed E-state index contributed by atoms with van der Waals surface area (Å²) in [5.74, 6) is -0.137. The number of hydrogen-bond donors (Lipinski definition) is 0. The van der Waals surface area contributed by atoms with Crippen LogP contribution in [0.1, 0.15) is 30.7 Å². The molecule has 0 bridgehead atoms. The van der Waals surface area contributed by atoms with Crippen LogP contribution in [0.5, 0.6) is 0 Å². The van der Waals surface area contributed by atoms with Crippen LogP contribution in [0.2, 0.25) is 5.02 Å². The second-order valence-corrected chi connectivity index (χ2v) is 6.04. The standard InChI is InChI=1S/C14H21Cl2N3O2/c1-9-14(16)11(18(2)17-9)8-19(13(20)7-15)10-5-4-6-12(10)21-3/h10,12H,4-8H2,1-3H3/t10-,12+/m0/s1. The molecule has 0 aromatic carbocycles. The Hall–Kier alpha value is -0.780. The van der Waals surface area contributed by atoms with Crippen LogP contribution in [0.4, 0.5) is 0 Å². The van der Waals surface area contributed by atoms with Crippen molar-refractivity contribution in [3.8, 4) is 0 Å². The number of aromatic nitrogens is 2. The second kappa shape index (κ2) is 6.99. The van der Waals surface area contributed by atoms with Gasteiger partial charge < -0.3 is 9.64 Å². The Bertz CT molecular complexity index is 519. The van der Waals surface area contributed by atoms with Crippen molar-refractivity contribution < 1.29 is 9.53 Å². The van der Waals surface area contributed by atoms with Crippen molar-refractivity contribution in [3.05, 3.63) is 16.4 Å². The number of aryl methyl sites for hydroxylation is 2. The molecule has 0 radical (unpaired) electrons. The predicted octanol–water partition coefficient (Wildman–Crippen LogP) is 2.52. The number of nitrogens with zero attached hydrogens (tertiary/aromatic N) is 3. The summed E-state index contributed by atoms with van der Waals surface area (Å²) in [7, 11) is 3.52. The van der Waals surface area contributed by atoms with E-state index in [1.165, 1.54) is 0 Å². The average molecular weight is 334 g/mol. The Morgan fingerprint density at radius 2 is 2.24 bits per heavy atom. The maximum Gasteiger partial charge on any atom is 0.238 e. The van der Waals surface area contributed by atoms with Crippen LogP contribution in [0.15, 0.2) is 0 Å². The van der Waals surface area contributed by atoms with E-state index in [4.69, 9.17) is 27.9 Å². The first kappa shape index (κ1) is 16.6. The highest BCUT2D eigenvalue weighted by Gasteiger charge is 2.35. The normalized spacial score (nSPS) is 21.8. The minimum atomic E-state index is -0.0967. The lowest BCUT2D eigenvalue weighted by atomic mass is 10.1. The Balaban J connectivity index is 2.26. The molecular formula is C14H21Cl2N3O2. The fourth-order valence-corrected chi connectivity index (χ4v) is 3.39. The summed E-state index contributed by atoms with van der Waals surface area (Å²) in [5, 5.41) is 4.91. The van der Waals surface area contributed by atoms with Crippen molar-refractivity contribution in [2.75, 3.05) is 13.0 Å². The average Bonchev–Trinajstić information content (AvgIpc) is 3.02. The van der Waals surface area contributed by atoms with E-state index in [0.717, 1.165) is 30.7 Å². The molecule has 21 heavy (non-hydrogen) atoms. The fraction of sp³-hybridized carbons (Fsp3) is 0.714. The van der Waals surface area contributed by atoms with Crippen LogP contribution >= 0.6 is 23.2 Å². The molecule has 1 amide bonds. The molecule has 0 unspecified atom stereocenters. The lowest BCUT2D eigenvalue weighted by molar-refractivity contribution is -0.134. The van der Waals surface area contributed by atoms with E-state index in [-0.39, 0.29) is 23.9 Å². The van der Waals surface area contributed by atoms with Gasteiger partial charge in [0.15, 0.2) is 0 Å². The summed E-state index contributed by atoms with van der Waals surface area (Å²) in [5.41, 5.74) is 1.59. The van der Waals surface area contributed by atoms with Crippen molar-refractivity contribution in [2.45, 2.75) is 44.9 Å². The molecule has 0 saturated heterocycles. The summed E-state index contributed by atoms with van der Waals surface area (Å²) >= 11 is 12.1. The molecule has 118 valence electrons. The summed E-state index contributed by atoms with van der Waals surface area (Å²) in [6, 6.07) is 0.0486. The number of alkyl halides is 1. The molecule has 0 spiro atoms. The molecule has 1 aliphatic rings. The number of rotatable bonds is 5. The molecule has 1 aromatic heterocycles. The van der Waals surface area contributed by atoms with Gasteiger partial charge in [-0.3, -0.25) is 9.48 Å². The van der Waals surface area contributed by atoms with Gasteiger partial charge >= 0.3 is 0 Å². The summed E-state index contributed by atoms with van der Waals surface area (Å²) in [4.78, 5) is 14.0. The van der Waals surface area contributed by atoms with E-state index in [0.29, 0.717) is 11.6 Å². The molecule has 1 aliphatic carbocycles. The van der Waals surface area contributed by atoms with Gasteiger partial charge in [0.05, 0.1) is 35.1 Å². The van der Waals surface area contributed by atoms with E-state index in [1.807, 2.05) is 14.0 Å². The number of hydrogen-bond acceptors (Lipinski definition) is 3. The van der Waals surface area contributed by atoms with Gasteiger partial charge in [-0.05, 0) is 26.2 Å². The number of halogens is 2. The number of carbonyl (C=O) groups excluding carboxylic acids is 1. The van der Waals surface area contributed by atoms with Crippen molar-refractivity contribution >= 4 is 29.1 Å². The first-order valence-electron chi connectivity index (χ1n) is 7.05. The molecule has 1 saturated carbocycles. The summed E-state index contributed by atoms with van der Waals surface area (Å²) in [6.07, 6.45) is 3.00. The molecule has 7 heteroatoms. The zero-order chi connectivity index (χ0) is 15.6. The van der Waals surface area contributed by atoms with Gasteiger partial charge in [-0.25, -0.2) is 0 Å². The smallest absolute Gasteiger partial charge is 0.238 e. The van der Waals surface area contributed by atoms with Crippen LogP contribution in [0.3, 0.4) is 0 Å². The fourth-order valence-electron chi connectivity index (χ4n) is 3.02. The van der Waals surface area contributed by atoms with Gasteiger partial charge in [-0.15, -0.1) is 11.6 Å². The van der Waals surface area contributed by atoms with Gasteiger partial charge in [0.25, 0.3) is 0 Å². The third-order valence-corrected chi connectivity index (χ3v) is 4.86. The topological polar surface area (TPSA) is 47.4 Å². The summed E-state index contributed by atoms with van der Waals surface area (Å²) < 4.78 is 7.24. The zero-order valence-corrected chi connectivity index (χ0v) is 14.1. The zero-order valence-electron chi connectivity index (χ0n) is 12.6. The van der Waals surface area contributed by atoms with Gasteiger partial charge in [-0.1, -0.05) is 11.6 Å². The monoisotopic (exact) mass is 333 g/mol. The highest BCUT2D eigenvalue weighted by Crippen LogP contribution is 2.29. The minimum absolute atomic E-state index is 0.0403. The molecule has 2 rings (SSSR count). The van der Waals surface area contributed by atoms with Crippen LogP contribution in [-0.2, 0) is 23.1 Å². The highest BCUT2D eigenvalue weighted by atomic mass is 35.5. The first-order chi connectivity index (χ1) is 9.99. The summed E-state index contributed by atoms with van der Waals surface area (Å²) in [6.45, 7) is 2.26. The quantitative estimate of drug-likeness (QED) is 0.778. The molecule has 5 nitrogen and oxygen atoms in total. The van der Waals surface area contributed by atoms with Crippen molar-refractivity contribution in [1.82, 2.24) is 14.7 Å². The number of methoxy groups -OCH3 is 1. The Kier molecular flexibility index (Phi) is 5.52. The third-order valence-electron chi connectivity index (χ3n) is 4.14. The third kappa shape index (κ3) is 3.35. The van der Waals surface area contributed by atoms with Crippen molar-refractivity contribution in [3.63, 3.8) is 0 Å². The largest absolute Gasteiger partial charge is 0.379 e. The number of carbonyl (C=O) groups is 1. The van der Waals surface area contributed by atoms with Crippen LogP contribution in [0.25, 0.3) is 0 Å². The first-order valence-corrected chi connectivity index (χ1v) is 7.97. The molecular weight excluding hydrogens is 313 g/mol. The molecule has 1 heterocycles. The molecule has 2 atom stereocenters. The lowest BCUT2D eigenvalue weighted by Gasteiger charge is -2.32. The van der Waals surface area contributed by atoms with Gasteiger partial charge in [0.2, 0.25) is 5.91 Å². The van der Waals surface area contributed by atoms with E-state index in [9.17, 15) is 4.79 Å². The van der Waals surface area contributed by atoms with Crippen LogP contribution < -0.4 is 0 Å². The van der Waals surface area contributed by atoms with Gasteiger partial charge in [0, 0.05) is 14.2 Å².